The van der Waals surface area contributed by atoms with Gasteiger partial charge in [-0.25, -0.2) is 0 Å². The predicted octanol–water partition coefficient (Wildman–Crippen LogP) is 0.278. The molecule has 2 aliphatic heterocycles. The van der Waals surface area contributed by atoms with Crippen molar-refractivity contribution in [3.63, 3.8) is 0 Å². The van der Waals surface area contributed by atoms with Gasteiger partial charge in [-0.3, -0.25) is 4.79 Å². The number of carbonyl (C=O) groups is 1. The molecule has 0 radical (unpaired) electrons. The van der Waals surface area contributed by atoms with Gasteiger partial charge >= 0.3 is 0 Å². The van der Waals surface area contributed by atoms with Gasteiger partial charge in [0.2, 0.25) is 5.91 Å². The van der Waals surface area contributed by atoms with E-state index < -0.39 is 0 Å². The van der Waals surface area contributed by atoms with Crippen molar-refractivity contribution in [3.05, 3.63) is 29.3 Å². The second kappa shape index (κ2) is 7.09. The molecule has 0 aromatic heterocycles. The SMILES string of the molecule is O=C(CC1COCCN1)N1CCOc2ccc(CO)cc2C1. The lowest BCUT2D eigenvalue weighted by molar-refractivity contribution is -0.133. The maximum absolute atomic E-state index is 12.5. The summed E-state index contributed by atoms with van der Waals surface area (Å²) in [4.78, 5) is 14.3. The summed E-state index contributed by atoms with van der Waals surface area (Å²) in [7, 11) is 0. The third-order valence-electron chi connectivity index (χ3n) is 4.06. The Balaban J connectivity index is 1.67. The topological polar surface area (TPSA) is 71.0 Å². The summed E-state index contributed by atoms with van der Waals surface area (Å²) in [5.74, 6) is 0.903. The van der Waals surface area contributed by atoms with E-state index in [1.807, 2.05) is 23.1 Å². The molecule has 2 aliphatic rings. The molecule has 6 heteroatoms. The molecule has 0 saturated carbocycles. The number of nitrogens with zero attached hydrogens (tertiary/aromatic N) is 1. The largest absolute Gasteiger partial charge is 0.491 e. The van der Waals surface area contributed by atoms with Gasteiger partial charge in [0.25, 0.3) is 0 Å². The van der Waals surface area contributed by atoms with E-state index in [0.29, 0.717) is 39.3 Å². The molecule has 6 nitrogen and oxygen atoms in total. The van der Waals surface area contributed by atoms with Crippen molar-refractivity contribution in [3.8, 4) is 5.75 Å². The molecule has 120 valence electrons. The van der Waals surface area contributed by atoms with Crippen LogP contribution >= 0.6 is 0 Å². The van der Waals surface area contributed by atoms with E-state index in [1.54, 1.807) is 0 Å². The number of aliphatic hydroxyl groups excluding tert-OH is 1. The van der Waals surface area contributed by atoms with Crippen LogP contribution in [0.25, 0.3) is 0 Å². The van der Waals surface area contributed by atoms with Crippen molar-refractivity contribution in [2.75, 3.05) is 32.9 Å². The van der Waals surface area contributed by atoms with E-state index in [2.05, 4.69) is 5.32 Å². The maximum atomic E-state index is 12.5. The van der Waals surface area contributed by atoms with Crippen molar-refractivity contribution < 1.29 is 19.4 Å². The van der Waals surface area contributed by atoms with Crippen LogP contribution in [0.3, 0.4) is 0 Å². The van der Waals surface area contributed by atoms with Crippen LogP contribution in [0.2, 0.25) is 0 Å². The Bertz CT molecular complexity index is 529. The van der Waals surface area contributed by atoms with Crippen LogP contribution in [0.4, 0.5) is 0 Å². The average Bonchev–Trinajstić information content (AvgIpc) is 2.77. The molecule has 22 heavy (non-hydrogen) atoms. The van der Waals surface area contributed by atoms with Crippen molar-refractivity contribution in [1.82, 2.24) is 10.2 Å². The average molecular weight is 306 g/mol. The van der Waals surface area contributed by atoms with Gasteiger partial charge in [0, 0.05) is 31.1 Å². The van der Waals surface area contributed by atoms with E-state index in [-0.39, 0.29) is 18.6 Å². The quantitative estimate of drug-likeness (QED) is 0.839. The number of rotatable bonds is 3. The highest BCUT2D eigenvalue weighted by molar-refractivity contribution is 5.77. The van der Waals surface area contributed by atoms with Crippen LogP contribution in [-0.2, 0) is 22.7 Å². The predicted molar refractivity (Wildman–Crippen MR) is 80.5 cm³/mol. The number of aliphatic hydroxyl groups is 1. The van der Waals surface area contributed by atoms with E-state index in [4.69, 9.17) is 9.47 Å². The molecule has 2 heterocycles. The van der Waals surface area contributed by atoms with E-state index in [1.165, 1.54) is 0 Å². The summed E-state index contributed by atoms with van der Waals surface area (Å²) in [5.41, 5.74) is 1.78. The molecule has 1 amide bonds. The number of fused-ring (bicyclic) bond motifs is 1. The first-order valence-corrected chi connectivity index (χ1v) is 7.70. The molecule has 1 saturated heterocycles. The van der Waals surface area contributed by atoms with Crippen molar-refractivity contribution >= 4 is 5.91 Å². The summed E-state index contributed by atoms with van der Waals surface area (Å²) in [6.07, 6.45) is 0.440. The minimum Gasteiger partial charge on any atom is -0.491 e. The summed E-state index contributed by atoms with van der Waals surface area (Å²) in [5, 5.41) is 12.6. The molecule has 1 unspecified atom stereocenters. The maximum Gasteiger partial charge on any atom is 0.224 e. The van der Waals surface area contributed by atoms with Crippen molar-refractivity contribution in [2.24, 2.45) is 0 Å². The second-order valence-corrected chi connectivity index (χ2v) is 5.69. The van der Waals surface area contributed by atoms with E-state index >= 15 is 0 Å². The summed E-state index contributed by atoms with van der Waals surface area (Å²) < 4.78 is 11.1. The Hall–Kier alpha value is -1.63. The summed E-state index contributed by atoms with van der Waals surface area (Å²) in [6, 6.07) is 5.71. The van der Waals surface area contributed by atoms with Crippen molar-refractivity contribution in [2.45, 2.75) is 25.6 Å². The van der Waals surface area contributed by atoms with Crippen LogP contribution in [0.15, 0.2) is 18.2 Å². The highest BCUT2D eigenvalue weighted by Gasteiger charge is 2.24. The molecular weight excluding hydrogens is 284 g/mol. The number of nitrogens with one attached hydrogen (secondary N) is 1. The lowest BCUT2D eigenvalue weighted by Gasteiger charge is -2.26. The Morgan fingerprint density at radius 1 is 1.41 bits per heavy atom. The Kier molecular flexibility index (Phi) is 4.92. The number of amides is 1. The fourth-order valence-corrected chi connectivity index (χ4v) is 2.85. The zero-order chi connectivity index (χ0) is 15.4. The lowest BCUT2D eigenvalue weighted by atomic mass is 10.1. The van der Waals surface area contributed by atoms with Crippen LogP contribution < -0.4 is 10.1 Å². The fraction of sp³-hybridized carbons (Fsp3) is 0.562. The molecule has 2 N–H and O–H groups in total. The molecular formula is C16H22N2O4. The summed E-state index contributed by atoms with van der Waals surface area (Å²) in [6.45, 7) is 3.67. The molecule has 3 rings (SSSR count). The summed E-state index contributed by atoms with van der Waals surface area (Å²) >= 11 is 0. The van der Waals surface area contributed by atoms with Gasteiger partial charge in [-0.15, -0.1) is 0 Å². The molecule has 1 aromatic carbocycles. The minimum absolute atomic E-state index is 0.00937. The third-order valence-corrected chi connectivity index (χ3v) is 4.06. The smallest absolute Gasteiger partial charge is 0.224 e. The standard InChI is InChI=1S/C16H22N2O4/c19-10-12-1-2-15-13(7-12)9-18(4-6-22-15)16(20)8-14-11-21-5-3-17-14/h1-2,7,14,17,19H,3-6,8-11H2. The van der Waals surface area contributed by atoms with Gasteiger partial charge in [-0.2, -0.15) is 0 Å². The number of ether oxygens (including phenoxy) is 2. The molecule has 0 aliphatic carbocycles. The zero-order valence-corrected chi connectivity index (χ0v) is 12.6. The number of hydrogen-bond donors (Lipinski definition) is 2. The van der Waals surface area contributed by atoms with E-state index in [0.717, 1.165) is 23.4 Å². The van der Waals surface area contributed by atoms with E-state index in [9.17, 15) is 9.90 Å². The second-order valence-electron chi connectivity index (χ2n) is 5.69. The van der Waals surface area contributed by atoms with Crippen LogP contribution in [0, 0.1) is 0 Å². The Labute approximate surface area is 130 Å². The third kappa shape index (κ3) is 3.58. The van der Waals surface area contributed by atoms with Gasteiger partial charge in [0.05, 0.1) is 26.4 Å². The monoisotopic (exact) mass is 306 g/mol. The number of hydrogen-bond acceptors (Lipinski definition) is 5. The fourth-order valence-electron chi connectivity index (χ4n) is 2.85. The van der Waals surface area contributed by atoms with Crippen LogP contribution in [-0.4, -0.2) is 54.9 Å². The highest BCUT2D eigenvalue weighted by Crippen LogP contribution is 2.25. The first-order chi connectivity index (χ1) is 10.8. The molecule has 1 atom stereocenters. The van der Waals surface area contributed by atoms with Gasteiger partial charge in [0.1, 0.15) is 12.4 Å². The van der Waals surface area contributed by atoms with Gasteiger partial charge in [-0.05, 0) is 17.7 Å². The van der Waals surface area contributed by atoms with Crippen LogP contribution in [0.1, 0.15) is 17.5 Å². The van der Waals surface area contributed by atoms with Gasteiger partial charge in [-0.1, -0.05) is 6.07 Å². The van der Waals surface area contributed by atoms with Crippen LogP contribution in [0.5, 0.6) is 5.75 Å². The zero-order valence-electron chi connectivity index (χ0n) is 12.6. The first kappa shape index (κ1) is 15.3. The number of carbonyl (C=O) groups excluding carboxylic acids is 1. The molecule has 1 aromatic rings. The Morgan fingerprint density at radius 2 is 2.32 bits per heavy atom. The first-order valence-electron chi connectivity index (χ1n) is 7.70. The number of morpholine rings is 1. The number of benzene rings is 1. The molecule has 1 fully saturated rings. The van der Waals surface area contributed by atoms with Gasteiger partial charge < -0.3 is 24.8 Å². The molecule has 0 bridgehead atoms. The lowest BCUT2D eigenvalue weighted by Crippen LogP contribution is -2.45. The van der Waals surface area contributed by atoms with Gasteiger partial charge in [0.15, 0.2) is 0 Å². The highest BCUT2D eigenvalue weighted by atomic mass is 16.5. The normalized spacial score (nSPS) is 21.7. The molecule has 0 spiro atoms. The Morgan fingerprint density at radius 3 is 3.09 bits per heavy atom. The minimum atomic E-state index is -0.00937. The van der Waals surface area contributed by atoms with Crippen molar-refractivity contribution in [1.29, 1.82) is 0 Å².